The van der Waals surface area contributed by atoms with Gasteiger partial charge in [0, 0.05) is 46.4 Å². The van der Waals surface area contributed by atoms with E-state index in [1.807, 2.05) is 4.90 Å². The zero-order valence-corrected chi connectivity index (χ0v) is 19.4. The first-order valence-corrected chi connectivity index (χ1v) is 12.0. The van der Waals surface area contributed by atoms with E-state index >= 15 is 0 Å². The smallest absolute Gasteiger partial charge is 0.244 e. The van der Waals surface area contributed by atoms with Gasteiger partial charge in [0.05, 0.1) is 0 Å². The van der Waals surface area contributed by atoms with E-state index in [2.05, 4.69) is 59.5 Å². The van der Waals surface area contributed by atoms with E-state index in [1.54, 1.807) is 0 Å². The molecule has 172 valence electrons. The molecule has 2 heterocycles. The molecule has 0 atom stereocenters. The molecule has 1 N–H and O–H groups in total. The Morgan fingerprint density at radius 3 is 2.52 bits per heavy atom. The number of hydrogen-bond acceptors (Lipinski definition) is 3. The molecule has 1 amide bonds. The fraction of sp³-hybridized carbons (Fsp3) is 0.680. The second kappa shape index (κ2) is 12.7. The van der Waals surface area contributed by atoms with Crippen LogP contribution in [0.2, 0.25) is 0 Å². The van der Waals surface area contributed by atoms with Gasteiger partial charge in [-0.3, -0.25) is 4.79 Å². The van der Waals surface area contributed by atoms with Crippen LogP contribution in [0.5, 0.6) is 0 Å². The first-order valence-electron chi connectivity index (χ1n) is 12.0. The first-order chi connectivity index (χ1) is 15.2. The standard InChI is InChI=1S/C25H40N4O2/c1-3-26-25(28(2)14-9-21-12-17-31-18-13-21)27-20-24(30)29-15-10-23(11-16-29)19-22-7-5-4-6-8-22/h4-8,21,23H,3,9-20H2,1-2H3,(H,26,27). The Morgan fingerprint density at radius 2 is 1.84 bits per heavy atom. The molecule has 1 aromatic carbocycles. The van der Waals surface area contributed by atoms with E-state index in [1.165, 1.54) is 5.56 Å². The predicted molar refractivity (Wildman–Crippen MR) is 126 cm³/mol. The van der Waals surface area contributed by atoms with Crippen LogP contribution in [0.1, 0.15) is 44.6 Å². The van der Waals surface area contributed by atoms with Gasteiger partial charge in [-0.1, -0.05) is 30.3 Å². The van der Waals surface area contributed by atoms with Crippen LogP contribution in [0.25, 0.3) is 0 Å². The molecule has 2 saturated heterocycles. The number of guanidine groups is 1. The topological polar surface area (TPSA) is 57.2 Å². The van der Waals surface area contributed by atoms with E-state index in [0.717, 1.165) is 89.8 Å². The Morgan fingerprint density at radius 1 is 1.13 bits per heavy atom. The van der Waals surface area contributed by atoms with Crippen LogP contribution in [-0.4, -0.2) is 74.7 Å². The molecule has 1 aromatic rings. The summed E-state index contributed by atoms with van der Waals surface area (Å²) in [6, 6.07) is 10.7. The second-order valence-corrected chi connectivity index (χ2v) is 8.95. The minimum Gasteiger partial charge on any atom is -0.381 e. The zero-order chi connectivity index (χ0) is 21.9. The highest BCUT2D eigenvalue weighted by Crippen LogP contribution is 2.22. The fourth-order valence-electron chi connectivity index (χ4n) is 4.56. The summed E-state index contributed by atoms with van der Waals surface area (Å²) in [6.45, 7) is 7.53. The number of rotatable bonds is 8. The van der Waals surface area contributed by atoms with Gasteiger partial charge >= 0.3 is 0 Å². The second-order valence-electron chi connectivity index (χ2n) is 8.95. The van der Waals surface area contributed by atoms with E-state index in [0.29, 0.717) is 5.92 Å². The molecule has 0 aromatic heterocycles. The maximum absolute atomic E-state index is 12.8. The fourth-order valence-corrected chi connectivity index (χ4v) is 4.56. The van der Waals surface area contributed by atoms with Gasteiger partial charge < -0.3 is 19.9 Å². The summed E-state index contributed by atoms with van der Waals surface area (Å²) >= 11 is 0. The van der Waals surface area contributed by atoms with Gasteiger partial charge in [-0.15, -0.1) is 0 Å². The highest BCUT2D eigenvalue weighted by Gasteiger charge is 2.23. The number of hydrogen-bond donors (Lipinski definition) is 1. The molecule has 2 aliphatic rings. The normalized spacial score (nSPS) is 18.8. The van der Waals surface area contributed by atoms with Gasteiger partial charge in [-0.05, 0) is 62.8 Å². The summed E-state index contributed by atoms with van der Waals surface area (Å²) in [5.74, 6) is 2.38. The monoisotopic (exact) mass is 428 g/mol. The van der Waals surface area contributed by atoms with Crippen LogP contribution in [0, 0.1) is 11.8 Å². The van der Waals surface area contributed by atoms with Crippen molar-refractivity contribution >= 4 is 11.9 Å². The van der Waals surface area contributed by atoms with Crippen molar-refractivity contribution < 1.29 is 9.53 Å². The van der Waals surface area contributed by atoms with Gasteiger partial charge in [0.2, 0.25) is 5.91 Å². The molecule has 0 aliphatic carbocycles. The van der Waals surface area contributed by atoms with Gasteiger partial charge in [-0.25, -0.2) is 4.99 Å². The zero-order valence-electron chi connectivity index (χ0n) is 19.4. The van der Waals surface area contributed by atoms with Crippen LogP contribution in [0.3, 0.4) is 0 Å². The summed E-state index contributed by atoms with van der Waals surface area (Å²) in [5, 5.41) is 3.34. The Hall–Kier alpha value is -2.08. The molecule has 3 rings (SSSR count). The van der Waals surface area contributed by atoms with Gasteiger partial charge in [-0.2, -0.15) is 0 Å². The summed E-state index contributed by atoms with van der Waals surface area (Å²) in [4.78, 5) is 21.6. The molecule has 0 spiro atoms. The molecule has 0 unspecified atom stereocenters. The van der Waals surface area contributed by atoms with Crippen LogP contribution >= 0.6 is 0 Å². The third-order valence-electron chi connectivity index (χ3n) is 6.61. The maximum Gasteiger partial charge on any atom is 0.244 e. The molecular formula is C25H40N4O2. The summed E-state index contributed by atoms with van der Waals surface area (Å²) < 4.78 is 5.46. The molecule has 6 heteroatoms. The van der Waals surface area contributed by atoms with Crippen LogP contribution in [-0.2, 0) is 16.0 Å². The molecular weight excluding hydrogens is 388 g/mol. The van der Waals surface area contributed by atoms with Crippen molar-refractivity contribution in [2.75, 3.05) is 53.0 Å². The number of nitrogens with one attached hydrogen (secondary N) is 1. The lowest BCUT2D eigenvalue weighted by molar-refractivity contribution is -0.131. The molecule has 2 aliphatic heterocycles. The minimum absolute atomic E-state index is 0.145. The highest BCUT2D eigenvalue weighted by atomic mass is 16.5. The minimum atomic E-state index is 0.145. The number of carbonyl (C=O) groups excluding carboxylic acids is 1. The van der Waals surface area contributed by atoms with E-state index < -0.39 is 0 Å². The summed E-state index contributed by atoms with van der Waals surface area (Å²) in [5.41, 5.74) is 1.40. The number of benzene rings is 1. The van der Waals surface area contributed by atoms with E-state index in [9.17, 15) is 4.79 Å². The van der Waals surface area contributed by atoms with Crippen LogP contribution in [0.15, 0.2) is 35.3 Å². The van der Waals surface area contributed by atoms with Gasteiger partial charge in [0.1, 0.15) is 6.54 Å². The average molecular weight is 429 g/mol. The maximum atomic E-state index is 12.8. The molecule has 2 fully saturated rings. The number of ether oxygens (including phenoxy) is 1. The lowest BCUT2D eigenvalue weighted by Gasteiger charge is -2.32. The predicted octanol–water partition coefficient (Wildman–Crippen LogP) is 3.18. The number of carbonyl (C=O) groups is 1. The number of aliphatic imine (C=N–C) groups is 1. The largest absolute Gasteiger partial charge is 0.381 e. The highest BCUT2D eigenvalue weighted by molar-refractivity contribution is 5.85. The quantitative estimate of drug-likeness (QED) is 0.510. The Kier molecular flexibility index (Phi) is 9.66. The lowest BCUT2D eigenvalue weighted by Crippen LogP contribution is -2.43. The van der Waals surface area contributed by atoms with Gasteiger partial charge in [0.25, 0.3) is 0 Å². The third-order valence-corrected chi connectivity index (χ3v) is 6.61. The van der Waals surface area contributed by atoms with Crippen molar-refractivity contribution in [2.45, 2.75) is 45.4 Å². The van der Waals surface area contributed by atoms with E-state index in [4.69, 9.17) is 4.74 Å². The summed E-state index contributed by atoms with van der Waals surface area (Å²) in [7, 11) is 2.07. The van der Waals surface area contributed by atoms with Crippen molar-refractivity contribution in [1.82, 2.24) is 15.1 Å². The average Bonchev–Trinajstić information content (AvgIpc) is 2.82. The van der Waals surface area contributed by atoms with Crippen molar-refractivity contribution in [2.24, 2.45) is 16.8 Å². The number of nitrogens with zero attached hydrogens (tertiary/aromatic N) is 3. The number of amides is 1. The summed E-state index contributed by atoms with van der Waals surface area (Å²) in [6.07, 6.45) is 6.72. The van der Waals surface area contributed by atoms with Crippen LogP contribution < -0.4 is 5.32 Å². The molecule has 0 bridgehead atoms. The number of likely N-dealkylation sites (tertiary alicyclic amines) is 1. The van der Waals surface area contributed by atoms with Crippen molar-refractivity contribution in [3.63, 3.8) is 0 Å². The Bertz CT molecular complexity index is 680. The number of piperidine rings is 1. The van der Waals surface area contributed by atoms with Crippen molar-refractivity contribution in [3.8, 4) is 0 Å². The third kappa shape index (κ3) is 7.84. The lowest BCUT2D eigenvalue weighted by atomic mass is 9.90. The SMILES string of the molecule is CCNC(=NCC(=O)N1CCC(Cc2ccccc2)CC1)N(C)CCC1CCOCC1. The van der Waals surface area contributed by atoms with E-state index in [-0.39, 0.29) is 12.5 Å². The Balaban J connectivity index is 1.42. The van der Waals surface area contributed by atoms with Gasteiger partial charge in [0.15, 0.2) is 5.96 Å². The van der Waals surface area contributed by atoms with Crippen LogP contribution in [0.4, 0.5) is 0 Å². The Labute approximate surface area is 188 Å². The molecule has 31 heavy (non-hydrogen) atoms. The molecule has 0 radical (unpaired) electrons. The molecule has 0 saturated carbocycles. The molecule has 6 nitrogen and oxygen atoms in total. The van der Waals surface area contributed by atoms with Crippen molar-refractivity contribution in [1.29, 1.82) is 0 Å². The first kappa shape index (κ1) is 23.6. The van der Waals surface area contributed by atoms with Crippen molar-refractivity contribution in [3.05, 3.63) is 35.9 Å².